The van der Waals surface area contributed by atoms with E-state index in [9.17, 15) is 0 Å². The number of halogens is 1. The molecular formula is C32H47IN2O4. The molecule has 6 nitrogen and oxygen atoms in total. The molecule has 4 fully saturated rings. The summed E-state index contributed by atoms with van der Waals surface area (Å²) in [6, 6.07) is 0.118. The lowest BCUT2D eigenvalue weighted by atomic mass is 9.77. The van der Waals surface area contributed by atoms with Crippen LogP contribution in [0.2, 0.25) is 0 Å². The highest BCUT2D eigenvalue weighted by molar-refractivity contribution is 14.0. The molecule has 4 heterocycles. The highest BCUT2D eigenvalue weighted by Gasteiger charge is 2.56. The number of fused-ring (bicyclic) bond motifs is 2. The summed E-state index contributed by atoms with van der Waals surface area (Å²) >= 11 is 0. The van der Waals surface area contributed by atoms with E-state index in [4.69, 9.17) is 32.1 Å². The molecule has 4 aliphatic heterocycles. The Morgan fingerprint density at radius 1 is 0.769 bits per heavy atom. The fourth-order valence-corrected chi connectivity index (χ4v) is 7.71. The van der Waals surface area contributed by atoms with Crippen LogP contribution >= 0.6 is 24.0 Å². The van der Waals surface area contributed by atoms with Crippen LogP contribution in [-0.2, 0) is 18.9 Å². The van der Waals surface area contributed by atoms with Gasteiger partial charge in [-0.2, -0.15) is 0 Å². The molecule has 6 rings (SSSR count). The van der Waals surface area contributed by atoms with E-state index in [2.05, 4.69) is 49.5 Å². The van der Waals surface area contributed by atoms with Gasteiger partial charge in [-0.3, -0.25) is 0 Å². The van der Waals surface area contributed by atoms with E-state index in [1.807, 2.05) is 13.8 Å². The first kappa shape index (κ1) is 31.0. The van der Waals surface area contributed by atoms with Gasteiger partial charge in [0.2, 0.25) is 12.1 Å². The molecule has 0 amide bonds. The van der Waals surface area contributed by atoms with E-state index in [1.165, 1.54) is 11.1 Å². The van der Waals surface area contributed by atoms with Crippen LogP contribution in [-0.4, -0.2) is 59.9 Å². The molecule has 5 unspecified atom stereocenters. The van der Waals surface area contributed by atoms with Gasteiger partial charge < -0.3 is 28.6 Å². The van der Waals surface area contributed by atoms with Crippen LogP contribution in [0.25, 0.3) is 9.69 Å². The lowest BCUT2D eigenvalue weighted by molar-refractivity contribution is -0.141. The maximum absolute atomic E-state index is 7.10. The fourth-order valence-electron chi connectivity index (χ4n) is 7.71. The van der Waals surface area contributed by atoms with E-state index < -0.39 is 0 Å². The number of nitrogens with zero attached hydrogens (tertiary/aromatic N) is 2. The molecule has 216 valence electrons. The van der Waals surface area contributed by atoms with Gasteiger partial charge in [-0.15, -0.1) is 24.0 Å². The molecule has 0 aromatic carbocycles. The predicted octanol–water partition coefficient (Wildman–Crippen LogP) is 7.33. The number of rotatable bonds is 4. The average molecular weight is 651 g/mol. The molecular weight excluding hydrogens is 603 g/mol. The topological polar surface area (TPSA) is 45.6 Å². The monoisotopic (exact) mass is 650 g/mol. The third-order valence-electron chi connectivity index (χ3n) is 10.2. The van der Waals surface area contributed by atoms with Crippen molar-refractivity contribution >= 4 is 24.0 Å². The Labute approximate surface area is 252 Å². The van der Waals surface area contributed by atoms with Crippen molar-refractivity contribution in [3.05, 3.63) is 46.1 Å². The minimum absolute atomic E-state index is 0. The Balaban J connectivity index is 0.000000176. The Morgan fingerprint density at radius 2 is 1.15 bits per heavy atom. The number of hydrogen-bond donors (Lipinski definition) is 0. The summed E-state index contributed by atoms with van der Waals surface area (Å²) in [5.41, 5.74) is 2.42. The van der Waals surface area contributed by atoms with Crippen molar-refractivity contribution in [3.8, 4) is 0 Å². The molecule has 2 spiro atoms. The van der Waals surface area contributed by atoms with E-state index in [0.29, 0.717) is 24.0 Å². The molecule has 4 saturated heterocycles. The molecule has 39 heavy (non-hydrogen) atoms. The third kappa shape index (κ3) is 6.00. The molecule has 0 N–H and O–H groups in total. The highest BCUT2D eigenvalue weighted by atomic mass is 127. The van der Waals surface area contributed by atoms with Gasteiger partial charge >= 0.3 is 0 Å². The maximum atomic E-state index is 7.10. The van der Waals surface area contributed by atoms with Crippen LogP contribution in [0.4, 0.5) is 0 Å². The van der Waals surface area contributed by atoms with E-state index in [0.717, 1.165) is 51.4 Å². The molecule has 0 radical (unpaired) electrons. The van der Waals surface area contributed by atoms with Crippen molar-refractivity contribution in [3.63, 3.8) is 0 Å². The van der Waals surface area contributed by atoms with Crippen LogP contribution in [0.5, 0.6) is 0 Å². The zero-order chi connectivity index (χ0) is 27.2. The number of hydrogen-bond acceptors (Lipinski definition) is 4. The van der Waals surface area contributed by atoms with Crippen molar-refractivity contribution < 1.29 is 18.9 Å². The van der Waals surface area contributed by atoms with Crippen LogP contribution in [0.1, 0.15) is 92.9 Å². The molecule has 4 bridgehead atoms. The summed E-state index contributed by atoms with van der Waals surface area (Å²) < 4.78 is 25.2. The van der Waals surface area contributed by atoms with E-state index >= 15 is 0 Å². The first-order chi connectivity index (χ1) is 18.1. The highest BCUT2D eigenvalue weighted by Crippen LogP contribution is 2.51. The Kier molecular flexibility index (Phi) is 9.61. The minimum atomic E-state index is -0.189. The summed E-state index contributed by atoms with van der Waals surface area (Å²) in [4.78, 5) is 7.19. The average Bonchev–Trinajstić information content (AvgIpc) is 3.39. The predicted molar refractivity (Wildman–Crippen MR) is 163 cm³/mol. The maximum Gasteiger partial charge on any atom is 0.223 e. The van der Waals surface area contributed by atoms with Gasteiger partial charge in [-0.25, -0.2) is 13.1 Å². The molecule has 0 saturated carbocycles. The standard InChI is InChI=1S/2C16H23NO2.HI/c2*1-10-8-16-9-14(12(10)3)18-15(16)6-5-13(19-16)7-11(2)17-4;/h2*8,11-15H,5-7,9H2,1-3H3;1H/t11?,12?,13?,14-,15+,16+;11-,12?,13?,14-,15+,16+;/m11./s1. The zero-order valence-electron chi connectivity index (χ0n) is 24.5. The molecule has 7 heteroatoms. The van der Waals surface area contributed by atoms with Gasteiger partial charge in [0, 0.05) is 51.4 Å². The SMILES string of the molecule is I.[C-]#[N+]C(C)CC1CC[C@@H]2O[C@@H]3C[C@]2(C=C(C)C3C)O1.[C-]#[N+][C@H](C)CC1CC[C@@H]2O[C@@H]3C[C@]2(C=C(C)C3C)O1. The van der Waals surface area contributed by atoms with Gasteiger partial charge in [-0.1, -0.05) is 37.1 Å². The Hall–Kier alpha value is -0.970. The largest absolute Gasteiger partial charge is 0.371 e. The smallest absolute Gasteiger partial charge is 0.223 e. The Morgan fingerprint density at radius 3 is 1.51 bits per heavy atom. The Bertz CT molecular complexity index is 966. The third-order valence-corrected chi connectivity index (χ3v) is 10.2. The second-order valence-corrected chi connectivity index (χ2v) is 13.1. The van der Waals surface area contributed by atoms with Gasteiger partial charge in [0.25, 0.3) is 0 Å². The fraction of sp³-hybridized carbons (Fsp3) is 0.812. The van der Waals surface area contributed by atoms with Crippen LogP contribution in [0.3, 0.4) is 0 Å². The van der Waals surface area contributed by atoms with Gasteiger partial charge in [-0.05, 0) is 39.5 Å². The van der Waals surface area contributed by atoms with Crippen LogP contribution in [0.15, 0.2) is 23.3 Å². The van der Waals surface area contributed by atoms with Crippen molar-refractivity contribution in [2.75, 3.05) is 0 Å². The lowest BCUT2D eigenvalue weighted by Crippen LogP contribution is -2.48. The second-order valence-electron chi connectivity index (χ2n) is 13.1. The lowest BCUT2D eigenvalue weighted by Gasteiger charge is -2.41. The van der Waals surface area contributed by atoms with Crippen molar-refractivity contribution in [1.82, 2.24) is 0 Å². The summed E-state index contributed by atoms with van der Waals surface area (Å²) in [5.74, 6) is 1.03. The van der Waals surface area contributed by atoms with Gasteiger partial charge in [0.15, 0.2) is 0 Å². The molecule has 6 aliphatic rings. The van der Waals surface area contributed by atoms with Crippen LogP contribution < -0.4 is 0 Å². The van der Waals surface area contributed by atoms with Gasteiger partial charge in [0.05, 0.1) is 36.6 Å². The first-order valence-corrected chi connectivity index (χ1v) is 14.9. The quantitative estimate of drug-likeness (QED) is 0.182. The van der Waals surface area contributed by atoms with Crippen molar-refractivity contribution in [2.45, 2.75) is 153 Å². The summed E-state index contributed by atoms with van der Waals surface area (Å²) in [6.45, 7) is 27.1. The summed E-state index contributed by atoms with van der Waals surface area (Å²) in [7, 11) is 0. The van der Waals surface area contributed by atoms with Crippen molar-refractivity contribution in [1.29, 1.82) is 0 Å². The van der Waals surface area contributed by atoms with Gasteiger partial charge in [0.1, 0.15) is 11.2 Å². The molecule has 2 aliphatic carbocycles. The van der Waals surface area contributed by atoms with Crippen molar-refractivity contribution in [2.24, 2.45) is 11.8 Å². The summed E-state index contributed by atoms with van der Waals surface area (Å²) in [5, 5.41) is 0. The summed E-state index contributed by atoms with van der Waals surface area (Å²) in [6.07, 6.45) is 14.1. The van der Waals surface area contributed by atoms with E-state index in [-0.39, 0.29) is 71.7 Å². The second kappa shape index (κ2) is 12.1. The van der Waals surface area contributed by atoms with Crippen LogP contribution in [0, 0.1) is 25.0 Å². The van der Waals surface area contributed by atoms with E-state index in [1.54, 1.807) is 0 Å². The molecule has 12 atom stereocenters. The number of ether oxygens (including phenoxy) is 4. The minimum Gasteiger partial charge on any atom is -0.371 e. The molecule has 0 aromatic rings. The first-order valence-electron chi connectivity index (χ1n) is 14.9. The normalized spacial score (nSPS) is 44.9. The zero-order valence-corrected chi connectivity index (χ0v) is 26.9. The molecule has 0 aromatic heterocycles.